The minimum absolute atomic E-state index is 0.676. The Morgan fingerprint density at radius 2 is 1.46 bits per heavy atom. The third-order valence-electron chi connectivity index (χ3n) is 1.63. The van der Waals surface area contributed by atoms with Crippen molar-refractivity contribution in [2.45, 2.75) is 13.3 Å². The topological polar surface area (TPSA) is 59.9 Å². The molecule has 0 aromatic heterocycles. The first-order valence-corrected chi connectivity index (χ1v) is 5.03. The minimum atomic E-state index is 0.676. The Morgan fingerprint density at radius 1 is 0.923 bits per heavy atom. The van der Waals surface area contributed by atoms with Crippen LogP contribution in [0, 0.1) is 5.41 Å². The van der Waals surface area contributed by atoms with Gasteiger partial charge in [-0.3, -0.25) is 0 Å². The standard InChI is InChI=1S/C9H22N4/c1-2-4-11-6-8-13-9-7-12-5-3-10/h3,10-13H,2,4-9H2,1H3. The third kappa shape index (κ3) is 11.5. The first kappa shape index (κ1) is 12.6. The molecular weight excluding hydrogens is 164 g/mol. The first-order valence-electron chi connectivity index (χ1n) is 5.03. The molecule has 0 aliphatic carbocycles. The molecule has 0 unspecified atom stereocenters. The summed E-state index contributed by atoms with van der Waals surface area (Å²) in [5, 5.41) is 16.5. The van der Waals surface area contributed by atoms with Crippen molar-refractivity contribution in [3.05, 3.63) is 0 Å². The fraction of sp³-hybridized carbons (Fsp3) is 0.889. The maximum absolute atomic E-state index is 6.78. The van der Waals surface area contributed by atoms with Gasteiger partial charge in [0.25, 0.3) is 0 Å². The summed E-state index contributed by atoms with van der Waals surface area (Å²) in [5.74, 6) is 0. The van der Waals surface area contributed by atoms with Gasteiger partial charge in [0.15, 0.2) is 0 Å². The van der Waals surface area contributed by atoms with Crippen LogP contribution in [0.2, 0.25) is 0 Å². The van der Waals surface area contributed by atoms with E-state index in [1.165, 1.54) is 12.6 Å². The summed E-state index contributed by atoms with van der Waals surface area (Å²) in [6, 6.07) is 0. The zero-order valence-electron chi connectivity index (χ0n) is 8.53. The van der Waals surface area contributed by atoms with E-state index in [9.17, 15) is 0 Å². The van der Waals surface area contributed by atoms with Gasteiger partial charge in [0, 0.05) is 38.9 Å². The van der Waals surface area contributed by atoms with Gasteiger partial charge in [0.1, 0.15) is 0 Å². The van der Waals surface area contributed by atoms with Crippen LogP contribution in [0.5, 0.6) is 0 Å². The molecule has 4 N–H and O–H groups in total. The van der Waals surface area contributed by atoms with Crippen LogP contribution in [0.3, 0.4) is 0 Å². The molecule has 0 spiro atoms. The Labute approximate surface area is 81.0 Å². The lowest BCUT2D eigenvalue weighted by Crippen LogP contribution is -2.33. The van der Waals surface area contributed by atoms with Gasteiger partial charge in [0.2, 0.25) is 0 Å². The molecule has 0 rings (SSSR count). The molecular formula is C9H22N4. The van der Waals surface area contributed by atoms with Crippen LogP contribution < -0.4 is 16.0 Å². The Bertz CT molecular complexity index is 106. The predicted octanol–water partition coefficient (Wildman–Crippen LogP) is -0.185. The third-order valence-corrected chi connectivity index (χ3v) is 1.63. The minimum Gasteiger partial charge on any atom is -0.315 e. The van der Waals surface area contributed by atoms with Gasteiger partial charge in [-0.15, -0.1) is 0 Å². The van der Waals surface area contributed by atoms with Crippen LogP contribution in [0.4, 0.5) is 0 Å². The van der Waals surface area contributed by atoms with E-state index in [0.29, 0.717) is 6.54 Å². The van der Waals surface area contributed by atoms with E-state index in [0.717, 1.165) is 32.7 Å². The van der Waals surface area contributed by atoms with Gasteiger partial charge in [-0.25, -0.2) is 0 Å². The maximum atomic E-state index is 6.78. The summed E-state index contributed by atoms with van der Waals surface area (Å²) >= 11 is 0. The highest BCUT2D eigenvalue weighted by molar-refractivity contribution is 5.55. The summed E-state index contributed by atoms with van der Waals surface area (Å²) in [4.78, 5) is 0. The number of nitrogens with one attached hydrogen (secondary N) is 4. The zero-order valence-corrected chi connectivity index (χ0v) is 8.53. The van der Waals surface area contributed by atoms with Crippen molar-refractivity contribution in [2.24, 2.45) is 0 Å². The van der Waals surface area contributed by atoms with Crippen molar-refractivity contribution in [2.75, 3.05) is 39.3 Å². The highest BCUT2D eigenvalue weighted by Gasteiger charge is 1.86. The molecule has 0 saturated heterocycles. The van der Waals surface area contributed by atoms with Crippen molar-refractivity contribution in [1.29, 1.82) is 5.41 Å². The molecule has 0 atom stereocenters. The Morgan fingerprint density at radius 3 is 2.00 bits per heavy atom. The van der Waals surface area contributed by atoms with E-state index in [1.54, 1.807) is 0 Å². The average molecular weight is 186 g/mol. The molecule has 78 valence electrons. The van der Waals surface area contributed by atoms with Crippen LogP contribution in [0.25, 0.3) is 0 Å². The lowest BCUT2D eigenvalue weighted by Gasteiger charge is -2.05. The van der Waals surface area contributed by atoms with Crippen LogP contribution in [0.1, 0.15) is 13.3 Å². The number of hydrogen-bond donors (Lipinski definition) is 4. The second-order valence-electron chi connectivity index (χ2n) is 2.91. The molecule has 0 bridgehead atoms. The fourth-order valence-corrected chi connectivity index (χ4v) is 0.955. The number of rotatable bonds is 10. The molecule has 0 aromatic rings. The second-order valence-corrected chi connectivity index (χ2v) is 2.91. The molecule has 13 heavy (non-hydrogen) atoms. The smallest absolute Gasteiger partial charge is 0.0302 e. The molecule has 0 saturated carbocycles. The van der Waals surface area contributed by atoms with E-state index in [4.69, 9.17) is 5.41 Å². The van der Waals surface area contributed by atoms with E-state index >= 15 is 0 Å². The lowest BCUT2D eigenvalue weighted by molar-refractivity contribution is 0.592. The normalized spacial score (nSPS) is 10.2. The van der Waals surface area contributed by atoms with E-state index in [1.807, 2.05) is 0 Å². The summed E-state index contributed by atoms with van der Waals surface area (Å²) in [7, 11) is 0. The summed E-state index contributed by atoms with van der Waals surface area (Å²) in [5.41, 5.74) is 0. The first-order chi connectivity index (χ1) is 6.41. The summed E-state index contributed by atoms with van der Waals surface area (Å²) in [6.45, 7) is 7.92. The molecule has 4 heteroatoms. The molecule has 0 aliphatic rings. The lowest BCUT2D eigenvalue weighted by atomic mass is 10.4. The van der Waals surface area contributed by atoms with Crippen molar-refractivity contribution in [3.63, 3.8) is 0 Å². The quantitative estimate of drug-likeness (QED) is 0.283. The average Bonchev–Trinajstić information content (AvgIpc) is 2.16. The summed E-state index contributed by atoms with van der Waals surface area (Å²) in [6.07, 6.45) is 2.57. The predicted molar refractivity (Wildman–Crippen MR) is 57.7 cm³/mol. The van der Waals surface area contributed by atoms with Crippen LogP contribution >= 0.6 is 0 Å². The molecule has 0 aromatic carbocycles. The van der Waals surface area contributed by atoms with Gasteiger partial charge in [-0.2, -0.15) is 0 Å². The fourth-order valence-electron chi connectivity index (χ4n) is 0.955. The highest BCUT2D eigenvalue weighted by atomic mass is 15.0. The van der Waals surface area contributed by atoms with Gasteiger partial charge in [0.05, 0.1) is 0 Å². The van der Waals surface area contributed by atoms with Gasteiger partial charge >= 0.3 is 0 Å². The van der Waals surface area contributed by atoms with Gasteiger partial charge < -0.3 is 21.4 Å². The van der Waals surface area contributed by atoms with E-state index in [-0.39, 0.29) is 0 Å². The Kier molecular flexibility index (Phi) is 11.2. The molecule has 4 nitrogen and oxygen atoms in total. The molecule has 0 amide bonds. The highest BCUT2D eigenvalue weighted by Crippen LogP contribution is 1.67. The van der Waals surface area contributed by atoms with Crippen molar-refractivity contribution >= 4 is 6.21 Å². The maximum Gasteiger partial charge on any atom is 0.0302 e. The Hall–Kier alpha value is -0.450. The SMILES string of the molecule is CCCNCCNCCNCC=N. The van der Waals surface area contributed by atoms with Gasteiger partial charge in [-0.1, -0.05) is 6.92 Å². The van der Waals surface area contributed by atoms with E-state index < -0.39 is 0 Å². The number of hydrogen-bond acceptors (Lipinski definition) is 4. The largest absolute Gasteiger partial charge is 0.315 e. The van der Waals surface area contributed by atoms with Crippen molar-refractivity contribution in [1.82, 2.24) is 16.0 Å². The monoisotopic (exact) mass is 186 g/mol. The second kappa shape index (κ2) is 11.6. The van der Waals surface area contributed by atoms with Crippen molar-refractivity contribution in [3.8, 4) is 0 Å². The summed E-state index contributed by atoms with van der Waals surface area (Å²) < 4.78 is 0. The molecule has 0 radical (unpaired) electrons. The molecule has 0 aliphatic heterocycles. The van der Waals surface area contributed by atoms with Gasteiger partial charge in [-0.05, 0) is 13.0 Å². The van der Waals surface area contributed by atoms with Crippen LogP contribution in [-0.4, -0.2) is 45.5 Å². The Balaban J connectivity index is 2.79. The van der Waals surface area contributed by atoms with Crippen LogP contribution in [0.15, 0.2) is 0 Å². The zero-order chi connectivity index (χ0) is 9.78. The van der Waals surface area contributed by atoms with Crippen LogP contribution in [-0.2, 0) is 0 Å². The molecule has 0 fully saturated rings. The molecule has 0 heterocycles. The van der Waals surface area contributed by atoms with Crippen molar-refractivity contribution < 1.29 is 0 Å². The van der Waals surface area contributed by atoms with E-state index in [2.05, 4.69) is 22.9 Å².